The molecule has 33 heavy (non-hydrogen) atoms. The minimum Gasteiger partial charge on any atom is -0.368 e. The number of benzene rings is 2. The summed E-state index contributed by atoms with van der Waals surface area (Å²) >= 11 is 0. The number of nitrogens with zero attached hydrogens (tertiary/aromatic N) is 5. The Labute approximate surface area is 190 Å². The van der Waals surface area contributed by atoms with Gasteiger partial charge in [0, 0.05) is 52.0 Å². The lowest BCUT2D eigenvalue weighted by molar-refractivity contribution is -0.384. The van der Waals surface area contributed by atoms with Gasteiger partial charge in [-0.1, -0.05) is 24.3 Å². The number of barbiturate groups is 1. The van der Waals surface area contributed by atoms with Gasteiger partial charge in [-0.2, -0.15) is 0 Å². The average molecular weight is 449 g/mol. The van der Waals surface area contributed by atoms with Gasteiger partial charge in [-0.25, -0.2) is 4.79 Å². The first-order chi connectivity index (χ1) is 15.8. The summed E-state index contributed by atoms with van der Waals surface area (Å²) in [6.45, 7) is 2.68. The Morgan fingerprint density at radius 3 is 2.00 bits per heavy atom. The van der Waals surface area contributed by atoms with Crippen LogP contribution in [0.25, 0.3) is 6.08 Å². The lowest BCUT2D eigenvalue weighted by Crippen LogP contribution is -2.52. The molecular weight excluding hydrogens is 426 g/mol. The van der Waals surface area contributed by atoms with Crippen molar-refractivity contribution in [2.75, 3.05) is 50.1 Å². The highest BCUT2D eigenvalue weighted by Gasteiger charge is 2.38. The van der Waals surface area contributed by atoms with Crippen LogP contribution < -0.4 is 9.80 Å². The minimum atomic E-state index is -0.744. The first kappa shape index (κ1) is 22.0. The highest BCUT2D eigenvalue weighted by molar-refractivity contribution is 6.30. The van der Waals surface area contributed by atoms with Crippen molar-refractivity contribution in [3.63, 3.8) is 0 Å². The van der Waals surface area contributed by atoms with Crippen LogP contribution in [0, 0.1) is 10.1 Å². The standard InChI is InChI=1S/C23H23N5O5/c1-24-21(29)18(22(30)25(2)23(24)31)14-16-8-9-19(20(15-16)28(32)33)27-12-10-26(11-13-27)17-6-4-3-5-7-17/h3-9,14-15H,10-13H2,1-2H3. The van der Waals surface area contributed by atoms with E-state index in [0.29, 0.717) is 24.3 Å². The number of likely N-dealkylation sites (N-methyl/N-ethyl adjacent to an activating group) is 2. The number of piperazine rings is 1. The Kier molecular flexibility index (Phi) is 5.82. The van der Waals surface area contributed by atoms with Gasteiger partial charge in [-0.3, -0.25) is 29.5 Å². The molecular formula is C23H23N5O5. The van der Waals surface area contributed by atoms with E-state index in [4.69, 9.17) is 0 Å². The molecule has 0 spiro atoms. The van der Waals surface area contributed by atoms with Gasteiger partial charge in [0.15, 0.2) is 0 Å². The van der Waals surface area contributed by atoms with Crippen molar-refractivity contribution in [1.29, 1.82) is 0 Å². The first-order valence-electron chi connectivity index (χ1n) is 10.4. The molecule has 2 aliphatic rings. The molecule has 2 aliphatic heterocycles. The number of imide groups is 2. The maximum atomic E-state index is 12.4. The second kappa shape index (κ2) is 8.73. The minimum absolute atomic E-state index is 0.106. The van der Waals surface area contributed by atoms with E-state index in [1.54, 1.807) is 12.1 Å². The molecule has 0 radical (unpaired) electrons. The van der Waals surface area contributed by atoms with E-state index >= 15 is 0 Å². The van der Waals surface area contributed by atoms with Crippen molar-refractivity contribution < 1.29 is 19.3 Å². The highest BCUT2D eigenvalue weighted by atomic mass is 16.6. The van der Waals surface area contributed by atoms with Crippen molar-refractivity contribution >= 4 is 41.0 Å². The summed E-state index contributed by atoms with van der Waals surface area (Å²) in [7, 11) is 2.56. The fourth-order valence-corrected chi connectivity index (χ4v) is 4.03. The summed E-state index contributed by atoms with van der Waals surface area (Å²) in [5.41, 5.74) is 1.61. The number of carbonyl (C=O) groups excluding carboxylic acids is 3. The van der Waals surface area contributed by atoms with Crippen LogP contribution in [-0.2, 0) is 9.59 Å². The fraction of sp³-hybridized carbons (Fsp3) is 0.261. The van der Waals surface area contributed by atoms with Gasteiger partial charge >= 0.3 is 6.03 Å². The molecule has 4 amide bonds. The fourth-order valence-electron chi connectivity index (χ4n) is 4.03. The Hall–Kier alpha value is -4.21. The molecule has 0 atom stereocenters. The van der Waals surface area contributed by atoms with E-state index < -0.39 is 22.8 Å². The number of nitro benzene ring substituents is 1. The lowest BCUT2D eigenvalue weighted by Gasteiger charge is -2.37. The quantitative estimate of drug-likeness (QED) is 0.305. The van der Waals surface area contributed by atoms with E-state index in [9.17, 15) is 24.5 Å². The average Bonchev–Trinajstić information content (AvgIpc) is 2.84. The number of nitro groups is 1. The molecule has 170 valence electrons. The van der Waals surface area contributed by atoms with Crippen molar-refractivity contribution in [3.05, 3.63) is 69.8 Å². The van der Waals surface area contributed by atoms with Crippen LogP contribution in [0.15, 0.2) is 54.1 Å². The lowest BCUT2D eigenvalue weighted by atomic mass is 10.1. The molecule has 0 unspecified atom stereocenters. The normalized spacial score (nSPS) is 17.0. The third-order valence-corrected chi connectivity index (χ3v) is 5.89. The zero-order valence-electron chi connectivity index (χ0n) is 18.3. The molecule has 2 aromatic rings. The summed E-state index contributed by atoms with van der Waals surface area (Å²) in [5, 5.41) is 11.8. The van der Waals surface area contributed by atoms with Gasteiger partial charge in [0.1, 0.15) is 11.3 Å². The van der Waals surface area contributed by atoms with Crippen molar-refractivity contribution in [2.45, 2.75) is 0 Å². The second-order valence-electron chi connectivity index (χ2n) is 7.88. The molecule has 0 aliphatic carbocycles. The van der Waals surface area contributed by atoms with Crippen LogP contribution >= 0.6 is 0 Å². The van der Waals surface area contributed by atoms with Crippen molar-refractivity contribution in [2.24, 2.45) is 0 Å². The summed E-state index contributed by atoms with van der Waals surface area (Å²) in [6.07, 6.45) is 1.29. The first-order valence-corrected chi connectivity index (χ1v) is 10.4. The number of urea groups is 1. The topological polar surface area (TPSA) is 107 Å². The molecule has 10 heteroatoms. The third kappa shape index (κ3) is 4.14. The van der Waals surface area contributed by atoms with E-state index in [0.717, 1.165) is 28.6 Å². The predicted molar refractivity (Wildman–Crippen MR) is 123 cm³/mol. The molecule has 4 rings (SSSR count). The molecule has 10 nitrogen and oxygen atoms in total. The molecule has 2 saturated heterocycles. The summed E-state index contributed by atoms with van der Waals surface area (Å²) < 4.78 is 0. The maximum absolute atomic E-state index is 12.4. The monoisotopic (exact) mass is 449 g/mol. The number of amides is 4. The van der Waals surface area contributed by atoms with E-state index in [-0.39, 0.29) is 11.3 Å². The Morgan fingerprint density at radius 1 is 0.848 bits per heavy atom. The van der Waals surface area contributed by atoms with Crippen LogP contribution in [-0.4, -0.2) is 72.8 Å². The number of carbonyl (C=O) groups is 3. The number of anilines is 2. The predicted octanol–water partition coefficient (Wildman–Crippen LogP) is 2.36. The van der Waals surface area contributed by atoms with Crippen LogP contribution in [0.1, 0.15) is 5.56 Å². The van der Waals surface area contributed by atoms with Crippen molar-refractivity contribution in [3.8, 4) is 0 Å². The van der Waals surface area contributed by atoms with Gasteiger partial charge in [0.25, 0.3) is 17.5 Å². The Balaban J connectivity index is 1.58. The Morgan fingerprint density at radius 2 is 1.42 bits per heavy atom. The molecule has 2 aromatic carbocycles. The van der Waals surface area contributed by atoms with E-state index in [1.165, 1.54) is 26.2 Å². The van der Waals surface area contributed by atoms with Gasteiger partial charge in [-0.15, -0.1) is 0 Å². The largest absolute Gasteiger partial charge is 0.368 e. The van der Waals surface area contributed by atoms with Crippen molar-refractivity contribution in [1.82, 2.24) is 9.80 Å². The van der Waals surface area contributed by atoms with Gasteiger partial charge in [0.2, 0.25) is 0 Å². The molecule has 0 N–H and O–H groups in total. The molecule has 0 saturated carbocycles. The van der Waals surface area contributed by atoms with Gasteiger partial charge in [-0.05, 0) is 29.8 Å². The summed E-state index contributed by atoms with van der Waals surface area (Å²) in [6, 6.07) is 13.9. The molecule has 0 aromatic heterocycles. The third-order valence-electron chi connectivity index (χ3n) is 5.89. The SMILES string of the molecule is CN1C(=O)C(=Cc2ccc(N3CCN(c4ccccc4)CC3)c([N+](=O)[O-])c2)C(=O)N(C)C1=O. The van der Waals surface area contributed by atoms with E-state index in [1.807, 2.05) is 35.2 Å². The Bertz CT molecular complexity index is 1130. The zero-order chi connectivity index (χ0) is 23.7. The molecule has 2 fully saturated rings. The van der Waals surface area contributed by atoms with Crippen LogP contribution in [0.3, 0.4) is 0 Å². The van der Waals surface area contributed by atoms with Crippen LogP contribution in [0.2, 0.25) is 0 Å². The number of hydrogen-bond acceptors (Lipinski definition) is 7. The smallest absolute Gasteiger partial charge is 0.333 e. The number of rotatable bonds is 4. The van der Waals surface area contributed by atoms with Gasteiger partial charge in [0.05, 0.1) is 4.92 Å². The maximum Gasteiger partial charge on any atom is 0.333 e. The highest BCUT2D eigenvalue weighted by Crippen LogP contribution is 2.32. The molecule has 2 heterocycles. The molecule has 0 bridgehead atoms. The number of hydrogen-bond donors (Lipinski definition) is 0. The summed E-state index contributed by atoms with van der Waals surface area (Å²) in [4.78, 5) is 54.0. The van der Waals surface area contributed by atoms with Gasteiger partial charge < -0.3 is 9.80 Å². The van der Waals surface area contributed by atoms with E-state index in [2.05, 4.69) is 4.90 Å². The second-order valence-corrected chi connectivity index (χ2v) is 7.88. The van der Waals surface area contributed by atoms with Crippen LogP contribution in [0.5, 0.6) is 0 Å². The number of para-hydroxylation sites is 1. The van der Waals surface area contributed by atoms with Crippen LogP contribution in [0.4, 0.5) is 21.9 Å². The zero-order valence-corrected chi connectivity index (χ0v) is 18.3. The summed E-state index contributed by atoms with van der Waals surface area (Å²) in [5.74, 6) is -1.49.